The molecule has 16 heavy (non-hydrogen) atoms. The maximum atomic E-state index is 4.49. The summed E-state index contributed by atoms with van der Waals surface area (Å²) in [7, 11) is 0. The first kappa shape index (κ1) is 10.4. The molecule has 86 valence electrons. The van der Waals surface area contributed by atoms with Crippen LogP contribution in [0.25, 0.3) is 0 Å². The van der Waals surface area contributed by atoms with Gasteiger partial charge in [0.25, 0.3) is 0 Å². The van der Waals surface area contributed by atoms with E-state index in [1.165, 1.54) is 24.2 Å². The van der Waals surface area contributed by atoms with E-state index in [4.69, 9.17) is 0 Å². The molecule has 0 aliphatic carbocycles. The van der Waals surface area contributed by atoms with Gasteiger partial charge in [-0.05, 0) is 43.8 Å². The van der Waals surface area contributed by atoms with Gasteiger partial charge in [0.05, 0.1) is 10.9 Å². The number of aromatic nitrogens is 2. The molecular formula is C12H17N3S. The van der Waals surface area contributed by atoms with Crippen LogP contribution in [0.2, 0.25) is 0 Å². The van der Waals surface area contributed by atoms with Crippen molar-refractivity contribution < 1.29 is 0 Å². The van der Waals surface area contributed by atoms with Gasteiger partial charge in [0.1, 0.15) is 0 Å². The molecule has 3 rings (SSSR count). The van der Waals surface area contributed by atoms with Crippen molar-refractivity contribution in [2.24, 2.45) is 0 Å². The monoisotopic (exact) mass is 235 g/mol. The maximum absolute atomic E-state index is 4.49. The highest BCUT2D eigenvalue weighted by molar-refractivity contribution is 8.02. The predicted octanol–water partition coefficient (Wildman–Crippen LogP) is 2.57. The lowest BCUT2D eigenvalue weighted by Gasteiger charge is -2.20. The zero-order valence-corrected chi connectivity index (χ0v) is 10.1. The fraction of sp³-hybridized carbons (Fsp3) is 0.583. The maximum Gasteiger partial charge on any atom is 0.0657 e. The largest absolute Gasteiger partial charge is 0.317 e. The number of piperidine rings is 1. The number of hydrogen-bond acceptors (Lipinski definition) is 3. The van der Waals surface area contributed by atoms with Gasteiger partial charge in [0.2, 0.25) is 0 Å². The van der Waals surface area contributed by atoms with Crippen molar-refractivity contribution in [1.82, 2.24) is 15.5 Å². The van der Waals surface area contributed by atoms with Crippen LogP contribution in [0.1, 0.15) is 41.8 Å². The highest BCUT2D eigenvalue weighted by Crippen LogP contribution is 2.38. The Hall–Kier alpha value is -0.740. The van der Waals surface area contributed by atoms with Gasteiger partial charge in [-0.2, -0.15) is 5.10 Å². The average molecular weight is 235 g/mol. The van der Waals surface area contributed by atoms with E-state index >= 15 is 0 Å². The van der Waals surface area contributed by atoms with Crippen LogP contribution in [0.4, 0.5) is 0 Å². The second-order valence-corrected chi connectivity index (χ2v) is 5.62. The van der Waals surface area contributed by atoms with E-state index in [-0.39, 0.29) is 0 Å². The summed E-state index contributed by atoms with van der Waals surface area (Å²) in [6.07, 6.45) is 5.82. The molecule has 2 N–H and O–H groups in total. The van der Waals surface area contributed by atoms with Gasteiger partial charge < -0.3 is 5.32 Å². The zero-order chi connectivity index (χ0) is 10.8. The number of hydrogen-bond donors (Lipinski definition) is 2. The van der Waals surface area contributed by atoms with Gasteiger partial charge >= 0.3 is 0 Å². The van der Waals surface area contributed by atoms with Crippen LogP contribution in [0.3, 0.4) is 0 Å². The van der Waals surface area contributed by atoms with Crippen LogP contribution >= 0.6 is 11.8 Å². The number of rotatable bonds is 2. The van der Waals surface area contributed by atoms with Gasteiger partial charge in [0, 0.05) is 11.6 Å². The minimum Gasteiger partial charge on any atom is -0.317 e. The van der Waals surface area contributed by atoms with Crippen molar-refractivity contribution in [3.63, 3.8) is 0 Å². The van der Waals surface area contributed by atoms with E-state index in [9.17, 15) is 0 Å². The number of aromatic amines is 1. The van der Waals surface area contributed by atoms with Crippen molar-refractivity contribution in [2.75, 3.05) is 13.1 Å². The van der Waals surface area contributed by atoms with Gasteiger partial charge in [-0.25, -0.2) is 0 Å². The molecular weight excluding hydrogens is 218 g/mol. The summed E-state index contributed by atoms with van der Waals surface area (Å²) >= 11 is 1.89. The molecule has 1 unspecified atom stereocenters. The third-order valence-electron chi connectivity index (χ3n) is 3.41. The zero-order valence-electron chi connectivity index (χ0n) is 9.28. The lowest BCUT2D eigenvalue weighted by atomic mass is 9.94. The van der Waals surface area contributed by atoms with Crippen LogP contribution in [-0.4, -0.2) is 23.3 Å². The van der Waals surface area contributed by atoms with Crippen molar-refractivity contribution in [3.8, 4) is 0 Å². The molecule has 0 amide bonds. The van der Waals surface area contributed by atoms with Crippen LogP contribution < -0.4 is 5.32 Å². The molecule has 0 spiro atoms. The van der Waals surface area contributed by atoms with E-state index in [0.29, 0.717) is 11.2 Å². The lowest BCUT2D eigenvalue weighted by Crippen LogP contribution is -2.26. The third-order valence-corrected chi connectivity index (χ3v) is 4.54. The predicted molar refractivity (Wildman–Crippen MR) is 67.5 cm³/mol. The summed E-state index contributed by atoms with van der Waals surface area (Å²) in [5.41, 5.74) is 2.56. The quantitative estimate of drug-likeness (QED) is 0.827. The van der Waals surface area contributed by atoms with E-state index < -0.39 is 0 Å². The minimum atomic E-state index is 0.572. The summed E-state index contributed by atoms with van der Waals surface area (Å²) in [5.74, 6) is 0.658. The number of nitrogens with one attached hydrogen (secondary N) is 2. The van der Waals surface area contributed by atoms with E-state index in [1.807, 2.05) is 11.8 Å². The molecule has 1 atom stereocenters. The first-order chi connectivity index (χ1) is 7.93. The van der Waals surface area contributed by atoms with Crippen LogP contribution in [0.5, 0.6) is 0 Å². The Bertz CT molecular complexity index is 371. The fourth-order valence-electron chi connectivity index (χ4n) is 2.43. The molecule has 2 aliphatic heterocycles. The standard InChI is InChI=1S/C12H17N3S/c1-2-12(16-7-1)11-8-10(14-15-11)9-3-5-13-6-4-9/h1,7-9,12-13H,2-6H2,(H,14,15). The number of H-pyrrole nitrogens is 1. The SMILES string of the molecule is C1=CSC(c2cc(C3CCNCC3)n[nH]2)C1. The first-order valence-corrected chi connectivity index (χ1v) is 6.94. The lowest BCUT2D eigenvalue weighted by molar-refractivity contribution is 0.453. The van der Waals surface area contributed by atoms with Crippen molar-refractivity contribution >= 4 is 11.8 Å². The molecule has 1 fully saturated rings. The van der Waals surface area contributed by atoms with Gasteiger partial charge in [0.15, 0.2) is 0 Å². The summed E-state index contributed by atoms with van der Waals surface area (Å²) in [6.45, 7) is 2.26. The summed E-state index contributed by atoms with van der Waals surface area (Å²) in [6, 6.07) is 2.28. The highest BCUT2D eigenvalue weighted by atomic mass is 32.2. The molecule has 0 bridgehead atoms. The molecule has 1 saturated heterocycles. The Morgan fingerprint density at radius 1 is 1.31 bits per heavy atom. The highest BCUT2D eigenvalue weighted by Gasteiger charge is 2.21. The van der Waals surface area contributed by atoms with Crippen LogP contribution in [0.15, 0.2) is 17.6 Å². The topological polar surface area (TPSA) is 40.7 Å². The normalized spacial score (nSPS) is 26.4. The number of thioether (sulfide) groups is 1. The molecule has 2 aliphatic rings. The molecule has 0 radical (unpaired) electrons. The fourth-order valence-corrected chi connectivity index (χ4v) is 3.33. The smallest absolute Gasteiger partial charge is 0.0657 e. The van der Waals surface area contributed by atoms with Gasteiger partial charge in [-0.15, -0.1) is 11.8 Å². The number of nitrogens with zero attached hydrogens (tertiary/aromatic N) is 1. The summed E-state index contributed by atoms with van der Waals surface area (Å²) in [5, 5.41) is 13.9. The van der Waals surface area contributed by atoms with E-state index in [1.54, 1.807) is 0 Å². The second-order valence-electron chi connectivity index (χ2n) is 4.50. The molecule has 1 aromatic rings. The van der Waals surface area contributed by atoms with Crippen molar-refractivity contribution in [3.05, 3.63) is 28.9 Å². The van der Waals surface area contributed by atoms with Crippen molar-refractivity contribution in [1.29, 1.82) is 0 Å². The summed E-state index contributed by atoms with van der Waals surface area (Å²) < 4.78 is 0. The number of allylic oxidation sites excluding steroid dienone is 1. The Labute approximate surface area is 100 Å². The Morgan fingerprint density at radius 3 is 2.94 bits per heavy atom. The minimum absolute atomic E-state index is 0.572. The molecule has 4 heteroatoms. The van der Waals surface area contributed by atoms with E-state index in [0.717, 1.165) is 19.5 Å². The van der Waals surface area contributed by atoms with Gasteiger partial charge in [-0.3, -0.25) is 5.10 Å². The van der Waals surface area contributed by atoms with Gasteiger partial charge in [-0.1, -0.05) is 6.08 Å². The molecule has 3 heterocycles. The Kier molecular flexibility index (Phi) is 3.02. The van der Waals surface area contributed by atoms with Crippen LogP contribution in [-0.2, 0) is 0 Å². The Balaban J connectivity index is 1.71. The molecule has 1 aromatic heterocycles. The van der Waals surface area contributed by atoms with Crippen LogP contribution in [0, 0.1) is 0 Å². The molecule has 3 nitrogen and oxygen atoms in total. The summed E-state index contributed by atoms with van der Waals surface area (Å²) in [4.78, 5) is 0. The molecule has 0 aromatic carbocycles. The third kappa shape index (κ3) is 2.04. The average Bonchev–Trinajstić information content (AvgIpc) is 3.01. The van der Waals surface area contributed by atoms with Crippen molar-refractivity contribution in [2.45, 2.75) is 30.4 Å². The second kappa shape index (κ2) is 4.63. The van der Waals surface area contributed by atoms with E-state index in [2.05, 4.69) is 33.1 Å². The molecule has 0 saturated carbocycles. The first-order valence-electron chi connectivity index (χ1n) is 6.00. The Morgan fingerprint density at radius 2 is 2.19 bits per heavy atom.